The Morgan fingerprint density at radius 1 is 1.22 bits per heavy atom. The summed E-state index contributed by atoms with van der Waals surface area (Å²) in [6.45, 7) is 14.1. The number of hydrogen-bond acceptors (Lipinski definition) is 4. The molecule has 0 unspecified atom stereocenters. The number of carbonyl (C=O) groups excluding carboxylic acids is 1. The summed E-state index contributed by atoms with van der Waals surface area (Å²) in [4.78, 5) is 28.2. The molecule has 1 amide bonds. The standard InChI is InChI=1S/C20H20N6O/c1-20(2,3)26-18-17(21-4)24-14-7-5-6-11(16(14)25-18)15-10-12-13(23-15)8-9-22-19(12)27/h5-7,10,23H,8-9H2,1-3H3,(H,22,27)(H,25,26). The number of H-pyrrole nitrogens is 1. The molecule has 0 saturated heterocycles. The first kappa shape index (κ1) is 17.0. The van der Waals surface area contributed by atoms with Crippen molar-refractivity contribution in [2.75, 3.05) is 11.9 Å². The van der Waals surface area contributed by atoms with E-state index in [0.29, 0.717) is 29.0 Å². The van der Waals surface area contributed by atoms with Crippen LogP contribution in [0, 0.1) is 6.57 Å². The number of anilines is 1. The predicted molar refractivity (Wildman–Crippen MR) is 105 cm³/mol. The van der Waals surface area contributed by atoms with Crippen molar-refractivity contribution in [1.82, 2.24) is 20.3 Å². The van der Waals surface area contributed by atoms with Gasteiger partial charge in [-0.3, -0.25) is 4.79 Å². The molecule has 2 aromatic heterocycles. The van der Waals surface area contributed by atoms with Crippen LogP contribution in [0.15, 0.2) is 24.3 Å². The van der Waals surface area contributed by atoms with Gasteiger partial charge in [-0.2, -0.15) is 0 Å². The first-order valence-corrected chi connectivity index (χ1v) is 8.82. The SMILES string of the molecule is [C-]#[N+]c1nc2cccc(-c3cc4c([nH]3)CCNC4=O)c2nc1NC(C)(C)C. The Labute approximate surface area is 157 Å². The molecule has 4 rings (SSSR count). The van der Waals surface area contributed by atoms with Crippen LogP contribution in [0.25, 0.3) is 27.1 Å². The molecular formula is C20H20N6O. The summed E-state index contributed by atoms with van der Waals surface area (Å²) in [6, 6.07) is 7.54. The molecule has 3 aromatic rings. The lowest BCUT2D eigenvalue weighted by Gasteiger charge is -2.22. The van der Waals surface area contributed by atoms with Gasteiger partial charge >= 0.3 is 5.82 Å². The summed E-state index contributed by atoms with van der Waals surface area (Å²) < 4.78 is 0. The summed E-state index contributed by atoms with van der Waals surface area (Å²) >= 11 is 0. The molecule has 136 valence electrons. The fourth-order valence-corrected chi connectivity index (χ4v) is 3.24. The molecule has 0 saturated carbocycles. The number of hydrogen-bond donors (Lipinski definition) is 3. The van der Waals surface area contributed by atoms with Crippen LogP contribution in [0.5, 0.6) is 0 Å². The topological polar surface area (TPSA) is 87.1 Å². The van der Waals surface area contributed by atoms with E-state index in [1.807, 2.05) is 45.0 Å². The molecule has 0 atom stereocenters. The Balaban J connectivity index is 1.90. The molecule has 0 bridgehead atoms. The highest BCUT2D eigenvalue weighted by molar-refractivity contribution is 6.00. The highest BCUT2D eigenvalue weighted by Crippen LogP contribution is 2.33. The van der Waals surface area contributed by atoms with Crippen LogP contribution in [0.2, 0.25) is 0 Å². The van der Waals surface area contributed by atoms with Crippen LogP contribution in [0.1, 0.15) is 36.8 Å². The number of benzene rings is 1. The second-order valence-electron chi connectivity index (χ2n) is 7.64. The van der Waals surface area contributed by atoms with Crippen molar-refractivity contribution in [2.45, 2.75) is 32.7 Å². The quantitative estimate of drug-likeness (QED) is 0.609. The Kier molecular flexibility index (Phi) is 3.84. The third-order valence-corrected chi connectivity index (χ3v) is 4.37. The Hall–Kier alpha value is -3.40. The van der Waals surface area contributed by atoms with E-state index in [1.165, 1.54) is 0 Å². The molecule has 1 aliphatic rings. The first-order valence-electron chi connectivity index (χ1n) is 8.82. The average molecular weight is 360 g/mol. The Bertz CT molecular complexity index is 1100. The van der Waals surface area contributed by atoms with E-state index >= 15 is 0 Å². The molecule has 1 aromatic carbocycles. The van der Waals surface area contributed by atoms with Gasteiger partial charge in [0.15, 0.2) is 11.3 Å². The van der Waals surface area contributed by atoms with E-state index in [9.17, 15) is 4.79 Å². The molecule has 0 radical (unpaired) electrons. The first-order chi connectivity index (χ1) is 12.9. The van der Waals surface area contributed by atoms with Gasteiger partial charge in [-0.15, -0.1) is 4.98 Å². The van der Waals surface area contributed by atoms with Gasteiger partial charge in [-0.1, -0.05) is 18.7 Å². The Morgan fingerprint density at radius 2 is 2.04 bits per heavy atom. The molecule has 3 N–H and O–H groups in total. The lowest BCUT2D eigenvalue weighted by molar-refractivity contribution is 0.0946. The summed E-state index contributed by atoms with van der Waals surface area (Å²) in [5.41, 5.74) is 4.38. The van der Waals surface area contributed by atoms with Gasteiger partial charge in [0.25, 0.3) is 5.91 Å². The van der Waals surface area contributed by atoms with Crippen molar-refractivity contribution < 1.29 is 4.79 Å². The van der Waals surface area contributed by atoms with Gasteiger partial charge in [0.1, 0.15) is 5.52 Å². The number of fused-ring (bicyclic) bond motifs is 2. The normalized spacial score (nSPS) is 13.8. The van der Waals surface area contributed by atoms with Crippen LogP contribution < -0.4 is 10.6 Å². The van der Waals surface area contributed by atoms with E-state index in [-0.39, 0.29) is 17.3 Å². The third-order valence-electron chi connectivity index (χ3n) is 4.37. The van der Waals surface area contributed by atoms with Crippen LogP contribution in [0.3, 0.4) is 0 Å². The summed E-state index contributed by atoms with van der Waals surface area (Å²) in [7, 11) is 0. The number of rotatable bonds is 2. The molecule has 0 aliphatic carbocycles. The van der Waals surface area contributed by atoms with E-state index < -0.39 is 0 Å². The number of amides is 1. The summed E-state index contributed by atoms with van der Waals surface area (Å²) in [5, 5.41) is 6.13. The molecule has 1 aliphatic heterocycles. The number of nitrogens with one attached hydrogen (secondary N) is 3. The number of aromatic amines is 1. The van der Waals surface area contributed by atoms with Gasteiger partial charge in [0.2, 0.25) is 0 Å². The number of carbonyl (C=O) groups is 1. The van der Waals surface area contributed by atoms with Gasteiger partial charge in [-0.05, 0) is 32.9 Å². The van der Waals surface area contributed by atoms with Crippen molar-refractivity contribution in [3.63, 3.8) is 0 Å². The van der Waals surface area contributed by atoms with Crippen LogP contribution >= 0.6 is 0 Å². The third kappa shape index (κ3) is 3.10. The predicted octanol–water partition coefficient (Wildman–Crippen LogP) is 3.67. The number of para-hydroxylation sites is 1. The second-order valence-corrected chi connectivity index (χ2v) is 7.64. The second kappa shape index (κ2) is 6.09. The fraction of sp³-hybridized carbons (Fsp3) is 0.300. The minimum Gasteiger partial charge on any atom is -0.373 e. The van der Waals surface area contributed by atoms with Crippen molar-refractivity contribution in [3.05, 3.63) is 46.9 Å². The average Bonchev–Trinajstić information content (AvgIpc) is 3.05. The zero-order chi connectivity index (χ0) is 19.2. The van der Waals surface area contributed by atoms with Crippen LogP contribution in [-0.2, 0) is 6.42 Å². The smallest absolute Gasteiger partial charge is 0.312 e. The Morgan fingerprint density at radius 3 is 2.74 bits per heavy atom. The van der Waals surface area contributed by atoms with Crippen molar-refractivity contribution in [3.8, 4) is 11.3 Å². The molecule has 3 heterocycles. The lowest BCUT2D eigenvalue weighted by atomic mass is 10.1. The zero-order valence-corrected chi connectivity index (χ0v) is 15.5. The monoisotopic (exact) mass is 360 g/mol. The van der Waals surface area contributed by atoms with Gasteiger partial charge in [-0.25, -0.2) is 4.98 Å². The maximum atomic E-state index is 12.1. The fourth-order valence-electron chi connectivity index (χ4n) is 3.24. The number of nitrogens with zero attached hydrogens (tertiary/aromatic N) is 3. The molecule has 0 fully saturated rings. The van der Waals surface area contributed by atoms with Gasteiger partial charge in [0, 0.05) is 35.5 Å². The molecule has 0 spiro atoms. The molecule has 7 heteroatoms. The molecule has 27 heavy (non-hydrogen) atoms. The minimum absolute atomic E-state index is 0.0598. The maximum absolute atomic E-state index is 12.1. The highest BCUT2D eigenvalue weighted by atomic mass is 16.1. The zero-order valence-electron chi connectivity index (χ0n) is 15.5. The van der Waals surface area contributed by atoms with Gasteiger partial charge in [0.05, 0.1) is 5.56 Å². The minimum atomic E-state index is -0.250. The van der Waals surface area contributed by atoms with Crippen LogP contribution in [0.4, 0.5) is 11.6 Å². The van der Waals surface area contributed by atoms with Crippen molar-refractivity contribution >= 4 is 28.6 Å². The number of aromatic nitrogens is 3. The van der Waals surface area contributed by atoms with E-state index in [0.717, 1.165) is 23.4 Å². The molecule has 7 nitrogen and oxygen atoms in total. The maximum Gasteiger partial charge on any atom is 0.312 e. The van der Waals surface area contributed by atoms with Crippen molar-refractivity contribution in [1.29, 1.82) is 0 Å². The van der Waals surface area contributed by atoms with E-state index in [4.69, 9.17) is 11.6 Å². The van der Waals surface area contributed by atoms with Gasteiger partial charge < -0.3 is 20.5 Å². The summed E-state index contributed by atoms with van der Waals surface area (Å²) in [5.74, 6) is 0.654. The van der Waals surface area contributed by atoms with E-state index in [1.54, 1.807) is 0 Å². The summed E-state index contributed by atoms with van der Waals surface area (Å²) in [6.07, 6.45) is 0.774. The van der Waals surface area contributed by atoms with Crippen molar-refractivity contribution in [2.24, 2.45) is 0 Å². The largest absolute Gasteiger partial charge is 0.373 e. The molecular weight excluding hydrogens is 340 g/mol. The highest BCUT2D eigenvalue weighted by Gasteiger charge is 2.22. The lowest BCUT2D eigenvalue weighted by Crippen LogP contribution is -2.31. The van der Waals surface area contributed by atoms with Crippen LogP contribution in [-0.4, -0.2) is 32.9 Å². The van der Waals surface area contributed by atoms with E-state index in [2.05, 4.69) is 25.4 Å².